The number of ether oxygens (including phenoxy) is 1. The first kappa shape index (κ1) is 12.5. The first-order valence-electron chi connectivity index (χ1n) is 5.44. The van der Waals surface area contributed by atoms with Crippen LogP contribution >= 0.6 is 0 Å². The summed E-state index contributed by atoms with van der Waals surface area (Å²) in [7, 11) is 0. The first-order chi connectivity index (χ1) is 7.76. The molecule has 0 saturated heterocycles. The maximum atomic E-state index is 11.1. The van der Waals surface area contributed by atoms with Gasteiger partial charge in [0.15, 0.2) is 0 Å². The van der Waals surface area contributed by atoms with Crippen LogP contribution in [0.4, 0.5) is 0 Å². The number of benzene rings is 1. The van der Waals surface area contributed by atoms with Gasteiger partial charge in [-0.3, -0.25) is 4.79 Å². The van der Waals surface area contributed by atoms with Crippen LogP contribution in [0, 0.1) is 0 Å². The molecule has 0 bridgehead atoms. The summed E-state index contributed by atoms with van der Waals surface area (Å²) < 4.78 is 5.45. The monoisotopic (exact) mass is 222 g/mol. The minimum atomic E-state index is 0.0116. The lowest BCUT2D eigenvalue weighted by molar-refractivity contribution is -0.121. The number of hydrogen-bond donors (Lipinski definition) is 2. The van der Waals surface area contributed by atoms with Crippen molar-refractivity contribution in [3.05, 3.63) is 29.8 Å². The molecule has 0 spiro atoms. The third-order valence-corrected chi connectivity index (χ3v) is 2.11. The lowest BCUT2D eigenvalue weighted by atomic mass is 10.2. The molecule has 0 unspecified atom stereocenters. The van der Waals surface area contributed by atoms with E-state index in [2.05, 4.69) is 5.32 Å². The largest absolute Gasteiger partial charge is 0.493 e. The molecule has 1 rings (SSSR count). The van der Waals surface area contributed by atoms with Crippen molar-refractivity contribution in [3.63, 3.8) is 0 Å². The second kappa shape index (κ2) is 6.85. The standard InChI is InChI=1S/C12H18N2O2/c1-2-14-12(15)6-7-16-11-5-3-4-10(8-11)9-13/h3-5,8H,2,6-7,9,13H2,1H3,(H,14,15). The number of nitrogens with two attached hydrogens (primary N) is 1. The van der Waals surface area contributed by atoms with Crippen molar-refractivity contribution in [3.8, 4) is 5.75 Å². The number of nitrogens with one attached hydrogen (secondary N) is 1. The van der Waals surface area contributed by atoms with Crippen molar-refractivity contribution in [2.24, 2.45) is 5.73 Å². The SMILES string of the molecule is CCNC(=O)CCOc1cccc(CN)c1. The van der Waals surface area contributed by atoms with Gasteiger partial charge in [-0.15, -0.1) is 0 Å². The van der Waals surface area contributed by atoms with E-state index < -0.39 is 0 Å². The summed E-state index contributed by atoms with van der Waals surface area (Å²) in [6, 6.07) is 7.58. The molecule has 4 heteroatoms. The molecule has 0 aliphatic carbocycles. The van der Waals surface area contributed by atoms with Crippen molar-refractivity contribution in [1.29, 1.82) is 0 Å². The second-order valence-corrected chi connectivity index (χ2v) is 3.40. The van der Waals surface area contributed by atoms with E-state index in [1.54, 1.807) is 0 Å². The summed E-state index contributed by atoms with van der Waals surface area (Å²) in [4.78, 5) is 11.1. The van der Waals surface area contributed by atoms with Crippen molar-refractivity contribution in [2.75, 3.05) is 13.2 Å². The van der Waals surface area contributed by atoms with Gasteiger partial charge in [0.2, 0.25) is 5.91 Å². The third kappa shape index (κ3) is 4.31. The van der Waals surface area contributed by atoms with Crippen LogP contribution in [0.1, 0.15) is 18.9 Å². The zero-order valence-electron chi connectivity index (χ0n) is 9.53. The van der Waals surface area contributed by atoms with Crippen LogP contribution in [0.2, 0.25) is 0 Å². The molecule has 0 aromatic heterocycles. The summed E-state index contributed by atoms with van der Waals surface area (Å²) in [6.07, 6.45) is 0.376. The molecule has 1 amide bonds. The maximum absolute atomic E-state index is 11.1. The van der Waals surface area contributed by atoms with E-state index in [1.165, 1.54) is 0 Å². The summed E-state index contributed by atoms with van der Waals surface area (Å²) in [5, 5.41) is 2.72. The van der Waals surface area contributed by atoms with Crippen LogP contribution in [0.15, 0.2) is 24.3 Å². The fraction of sp³-hybridized carbons (Fsp3) is 0.417. The highest BCUT2D eigenvalue weighted by atomic mass is 16.5. The third-order valence-electron chi connectivity index (χ3n) is 2.11. The molecule has 1 aromatic rings. The normalized spacial score (nSPS) is 9.88. The molecule has 0 aliphatic rings. The molecule has 0 saturated carbocycles. The van der Waals surface area contributed by atoms with Crippen molar-refractivity contribution < 1.29 is 9.53 Å². The van der Waals surface area contributed by atoms with E-state index in [4.69, 9.17) is 10.5 Å². The van der Waals surface area contributed by atoms with Crippen LogP contribution in [-0.4, -0.2) is 19.1 Å². The highest BCUT2D eigenvalue weighted by molar-refractivity contribution is 5.75. The Hall–Kier alpha value is -1.55. The zero-order chi connectivity index (χ0) is 11.8. The number of amides is 1. The van der Waals surface area contributed by atoms with E-state index in [-0.39, 0.29) is 5.91 Å². The van der Waals surface area contributed by atoms with E-state index in [1.807, 2.05) is 31.2 Å². The summed E-state index contributed by atoms with van der Waals surface area (Å²) >= 11 is 0. The smallest absolute Gasteiger partial charge is 0.223 e. The Morgan fingerprint density at radius 3 is 3.00 bits per heavy atom. The Bertz CT molecular complexity index is 340. The molecule has 0 aliphatic heterocycles. The molecule has 0 radical (unpaired) electrons. The van der Waals surface area contributed by atoms with E-state index in [0.29, 0.717) is 26.1 Å². The average molecular weight is 222 g/mol. The Kier molecular flexibility index (Phi) is 5.36. The molecule has 4 nitrogen and oxygen atoms in total. The van der Waals surface area contributed by atoms with Gasteiger partial charge in [0.05, 0.1) is 13.0 Å². The van der Waals surface area contributed by atoms with Crippen LogP contribution in [0.5, 0.6) is 5.75 Å². The van der Waals surface area contributed by atoms with Crippen LogP contribution in [0.3, 0.4) is 0 Å². The Morgan fingerprint density at radius 1 is 1.50 bits per heavy atom. The fourth-order valence-electron chi connectivity index (χ4n) is 1.31. The van der Waals surface area contributed by atoms with Gasteiger partial charge in [-0.1, -0.05) is 12.1 Å². The van der Waals surface area contributed by atoms with Gasteiger partial charge in [0.25, 0.3) is 0 Å². The average Bonchev–Trinajstić information content (AvgIpc) is 2.30. The summed E-state index contributed by atoms with van der Waals surface area (Å²) in [5.74, 6) is 0.768. The first-order valence-corrected chi connectivity index (χ1v) is 5.44. The van der Waals surface area contributed by atoms with Gasteiger partial charge < -0.3 is 15.8 Å². The molecule has 88 valence electrons. The van der Waals surface area contributed by atoms with Gasteiger partial charge in [-0.2, -0.15) is 0 Å². The summed E-state index contributed by atoms with van der Waals surface area (Å²) in [6.45, 7) is 3.43. The van der Waals surface area contributed by atoms with Crippen LogP contribution < -0.4 is 15.8 Å². The maximum Gasteiger partial charge on any atom is 0.223 e. The van der Waals surface area contributed by atoms with Crippen LogP contribution in [-0.2, 0) is 11.3 Å². The Morgan fingerprint density at radius 2 is 2.31 bits per heavy atom. The molecule has 0 heterocycles. The number of rotatable bonds is 6. The minimum Gasteiger partial charge on any atom is -0.493 e. The molecule has 0 fully saturated rings. The molecule has 16 heavy (non-hydrogen) atoms. The quantitative estimate of drug-likeness (QED) is 0.756. The minimum absolute atomic E-state index is 0.0116. The van der Waals surface area contributed by atoms with Crippen molar-refractivity contribution >= 4 is 5.91 Å². The molecule has 0 atom stereocenters. The Balaban J connectivity index is 2.34. The topological polar surface area (TPSA) is 64.3 Å². The predicted octanol–water partition coefficient (Wildman–Crippen LogP) is 1.05. The lowest BCUT2D eigenvalue weighted by Crippen LogP contribution is -2.24. The van der Waals surface area contributed by atoms with E-state index in [0.717, 1.165) is 11.3 Å². The van der Waals surface area contributed by atoms with Gasteiger partial charge in [-0.25, -0.2) is 0 Å². The molecular formula is C12H18N2O2. The lowest BCUT2D eigenvalue weighted by Gasteiger charge is -2.07. The number of hydrogen-bond acceptors (Lipinski definition) is 3. The van der Waals surface area contributed by atoms with E-state index in [9.17, 15) is 4.79 Å². The summed E-state index contributed by atoms with van der Waals surface area (Å²) in [5.41, 5.74) is 6.54. The highest BCUT2D eigenvalue weighted by Gasteiger charge is 2.00. The fourth-order valence-corrected chi connectivity index (χ4v) is 1.31. The van der Waals surface area contributed by atoms with Gasteiger partial charge in [-0.05, 0) is 24.6 Å². The van der Waals surface area contributed by atoms with Crippen molar-refractivity contribution in [2.45, 2.75) is 19.9 Å². The highest BCUT2D eigenvalue weighted by Crippen LogP contribution is 2.12. The van der Waals surface area contributed by atoms with E-state index >= 15 is 0 Å². The van der Waals surface area contributed by atoms with Crippen molar-refractivity contribution in [1.82, 2.24) is 5.32 Å². The molecule has 1 aromatic carbocycles. The van der Waals surface area contributed by atoms with Gasteiger partial charge in [0, 0.05) is 13.1 Å². The second-order valence-electron chi connectivity index (χ2n) is 3.40. The van der Waals surface area contributed by atoms with Gasteiger partial charge >= 0.3 is 0 Å². The van der Waals surface area contributed by atoms with Crippen LogP contribution in [0.25, 0.3) is 0 Å². The molecular weight excluding hydrogens is 204 g/mol. The van der Waals surface area contributed by atoms with Gasteiger partial charge in [0.1, 0.15) is 5.75 Å². The predicted molar refractivity (Wildman–Crippen MR) is 63.1 cm³/mol. The molecule has 3 N–H and O–H groups in total. The Labute approximate surface area is 95.8 Å². The number of carbonyl (C=O) groups is 1. The zero-order valence-corrected chi connectivity index (χ0v) is 9.53. The number of carbonyl (C=O) groups excluding carboxylic acids is 1.